The molecule has 27 heavy (non-hydrogen) atoms. The lowest BCUT2D eigenvalue weighted by Gasteiger charge is -2.03. The van der Waals surface area contributed by atoms with Crippen LogP contribution in [-0.4, -0.2) is 32.0 Å². The van der Waals surface area contributed by atoms with E-state index in [1.807, 2.05) is 58.4 Å². The number of thiazole rings is 1. The van der Waals surface area contributed by atoms with Crippen LogP contribution in [0.4, 0.5) is 0 Å². The van der Waals surface area contributed by atoms with Gasteiger partial charge in [-0.05, 0) is 24.3 Å². The van der Waals surface area contributed by atoms with E-state index in [0.717, 1.165) is 32.2 Å². The number of rotatable bonds is 6. The summed E-state index contributed by atoms with van der Waals surface area (Å²) in [6.45, 7) is 0.511. The van der Waals surface area contributed by atoms with Gasteiger partial charge >= 0.3 is 0 Å². The van der Waals surface area contributed by atoms with Crippen LogP contribution in [0.2, 0.25) is 0 Å². The van der Waals surface area contributed by atoms with E-state index >= 15 is 0 Å². The molecule has 0 aliphatic carbocycles. The number of pyridine rings is 1. The molecule has 8 heteroatoms. The first-order valence-electron chi connectivity index (χ1n) is 8.45. The summed E-state index contributed by atoms with van der Waals surface area (Å²) >= 11 is 5.01. The number of carbonyl (C=O) groups excluding carboxylic acids is 1. The van der Waals surface area contributed by atoms with Gasteiger partial charge < -0.3 is 5.32 Å². The van der Waals surface area contributed by atoms with Crippen molar-refractivity contribution in [1.82, 2.24) is 24.9 Å². The first-order chi connectivity index (χ1) is 13.2. The highest BCUT2D eigenvalue weighted by Gasteiger charge is 2.10. The Balaban J connectivity index is 1.32. The number of benzene rings is 1. The third-order valence-electron chi connectivity index (χ3n) is 4.02. The fourth-order valence-electron chi connectivity index (χ4n) is 2.74. The minimum absolute atomic E-state index is 0.0464. The molecule has 0 atom stereocenters. The predicted octanol–water partition coefficient (Wildman–Crippen LogP) is 3.52. The van der Waals surface area contributed by atoms with Crippen LogP contribution in [0.3, 0.4) is 0 Å². The first kappa shape index (κ1) is 17.8. The first-order valence-corrected chi connectivity index (χ1v) is 10.1. The summed E-state index contributed by atoms with van der Waals surface area (Å²) < 4.78 is 2.94. The van der Waals surface area contributed by atoms with Crippen LogP contribution in [-0.2, 0) is 17.6 Å². The van der Waals surface area contributed by atoms with Crippen LogP contribution in [0.1, 0.15) is 11.5 Å². The van der Waals surface area contributed by atoms with Crippen LogP contribution in [0, 0.1) is 0 Å². The summed E-state index contributed by atoms with van der Waals surface area (Å²) in [7, 11) is 0. The number of carbonyl (C=O) groups is 1. The highest BCUT2D eigenvalue weighted by Crippen LogP contribution is 2.26. The Bertz CT molecular complexity index is 1090. The van der Waals surface area contributed by atoms with E-state index in [4.69, 9.17) is 0 Å². The van der Waals surface area contributed by atoms with E-state index in [0.29, 0.717) is 13.0 Å². The minimum Gasteiger partial charge on any atom is -0.355 e. The van der Waals surface area contributed by atoms with E-state index in [-0.39, 0.29) is 12.3 Å². The smallest absolute Gasteiger partial charge is 0.226 e. The van der Waals surface area contributed by atoms with Gasteiger partial charge in [-0.2, -0.15) is 0 Å². The number of hydrogen-bond donors (Lipinski definition) is 1. The summed E-state index contributed by atoms with van der Waals surface area (Å²) in [5.74, 6) is 0.784. The highest BCUT2D eigenvalue weighted by molar-refractivity contribution is 9.10. The molecule has 0 bridgehead atoms. The van der Waals surface area contributed by atoms with Crippen LogP contribution >= 0.6 is 27.3 Å². The molecule has 136 valence electrons. The molecule has 1 amide bonds. The van der Waals surface area contributed by atoms with Crippen molar-refractivity contribution in [1.29, 1.82) is 0 Å². The average molecular weight is 442 g/mol. The molecule has 0 aliphatic heterocycles. The maximum atomic E-state index is 12.2. The standard InChI is InChI=1S/C19H16BrN5OS/c20-14-5-3-4-13(10-14)19-22-15(12-27-19)11-18(26)21-8-7-17-24-23-16-6-1-2-9-25(16)17/h1-6,9-10,12H,7-8,11H2,(H,21,26). The second-order valence-electron chi connectivity index (χ2n) is 5.98. The summed E-state index contributed by atoms with van der Waals surface area (Å²) in [5.41, 5.74) is 2.63. The molecular formula is C19H16BrN5OS. The van der Waals surface area contributed by atoms with Gasteiger partial charge in [0.25, 0.3) is 0 Å². The number of fused-ring (bicyclic) bond motifs is 1. The third-order valence-corrected chi connectivity index (χ3v) is 5.45. The fourth-order valence-corrected chi connectivity index (χ4v) is 3.96. The van der Waals surface area contributed by atoms with Crippen molar-refractivity contribution in [2.24, 2.45) is 0 Å². The second kappa shape index (κ2) is 7.98. The van der Waals surface area contributed by atoms with Crippen molar-refractivity contribution in [3.05, 3.63) is 70.0 Å². The molecular weight excluding hydrogens is 426 g/mol. The van der Waals surface area contributed by atoms with Gasteiger partial charge in [-0.15, -0.1) is 21.5 Å². The highest BCUT2D eigenvalue weighted by atomic mass is 79.9. The molecule has 3 aromatic heterocycles. The number of hydrogen-bond acceptors (Lipinski definition) is 5. The number of amides is 1. The molecule has 0 saturated carbocycles. The van der Waals surface area contributed by atoms with E-state index in [1.165, 1.54) is 0 Å². The van der Waals surface area contributed by atoms with E-state index in [2.05, 4.69) is 36.4 Å². The lowest BCUT2D eigenvalue weighted by molar-refractivity contribution is -0.120. The molecule has 0 radical (unpaired) electrons. The number of aromatic nitrogens is 4. The quantitative estimate of drug-likeness (QED) is 0.496. The monoisotopic (exact) mass is 441 g/mol. The van der Waals surface area contributed by atoms with Crippen LogP contribution in [0.15, 0.2) is 58.5 Å². The molecule has 0 aliphatic rings. The van der Waals surface area contributed by atoms with Crippen molar-refractivity contribution in [2.45, 2.75) is 12.8 Å². The van der Waals surface area contributed by atoms with Crippen molar-refractivity contribution < 1.29 is 4.79 Å². The van der Waals surface area contributed by atoms with Gasteiger partial charge in [0.15, 0.2) is 5.65 Å². The van der Waals surface area contributed by atoms with Crippen LogP contribution in [0.5, 0.6) is 0 Å². The van der Waals surface area contributed by atoms with Gasteiger partial charge in [-0.3, -0.25) is 9.20 Å². The fraction of sp³-hybridized carbons (Fsp3) is 0.158. The van der Waals surface area contributed by atoms with Gasteiger partial charge in [-0.25, -0.2) is 4.98 Å². The van der Waals surface area contributed by atoms with Crippen molar-refractivity contribution in [3.63, 3.8) is 0 Å². The summed E-state index contributed by atoms with van der Waals surface area (Å²) in [6, 6.07) is 13.7. The topological polar surface area (TPSA) is 72.2 Å². The number of halogens is 1. The molecule has 1 N–H and O–H groups in total. The SMILES string of the molecule is O=C(Cc1csc(-c2cccc(Br)c2)n1)NCCc1nnc2ccccn12. The average Bonchev–Trinajstić information content (AvgIpc) is 3.29. The molecule has 0 unspecified atom stereocenters. The number of nitrogens with zero attached hydrogens (tertiary/aromatic N) is 4. The van der Waals surface area contributed by atoms with Gasteiger partial charge in [-0.1, -0.05) is 34.1 Å². The summed E-state index contributed by atoms with van der Waals surface area (Å²) in [6.07, 6.45) is 2.81. The Morgan fingerprint density at radius 3 is 3.00 bits per heavy atom. The molecule has 0 spiro atoms. The summed E-state index contributed by atoms with van der Waals surface area (Å²) in [4.78, 5) is 16.8. The lowest BCUT2D eigenvalue weighted by atomic mass is 10.2. The normalized spacial score (nSPS) is 11.0. The maximum Gasteiger partial charge on any atom is 0.226 e. The maximum absolute atomic E-state index is 12.2. The van der Waals surface area contributed by atoms with Crippen molar-refractivity contribution in [3.8, 4) is 10.6 Å². The van der Waals surface area contributed by atoms with Gasteiger partial charge in [0, 0.05) is 34.6 Å². The largest absolute Gasteiger partial charge is 0.355 e. The van der Waals surface area contributed by atoms with Crippen molar-refractivity contribution >= 4 is 38.8 Å². The molecule has 0 saturated heterocycles. The summed E-state index contributed by atoms with van der Waals surface area (Å²) in [5, 5.41) is 14.1. The Morgan fingerprint density at radius 2 is 2.11 bits per heavy atom. The van der Waals surface area contributed by atoms with E-state index < -0.39 is 0 Å². The van der Waals surface area contributed by atoms with Crippen molar-refractivity contribution in [2.75, 3.05) is 6.54 Å². The van der Waals surface area contributed by atoms with E-state index in [9.17, 15) is 4.79 Å². The Morgan fingerprint density at radius 1 is 1.19 bits per heavy atom. The zero-order chi connectivity index (χ0) is 18.6. The zero-order valence-corrected chi connectivity index (χ0v) is 16.7. The van der Waals surface area contributed by atoms with Crippen LogP contribution in [0.25, 0.3) is 16.2 Å². The Hall–Kier alpha value is -2.58. The predicted molar refractivity (Wildman–Crippen MR) is 109 cm³/mol. The number of nitrogens with one attached hydrogen (secondary N) is 1. The molecule has 1 aromatic carbocycles. The van der Waals surface area contributed by atoms with Gasteiger partial charge in [0.05, 0.1) is 12.1 Å². The second-order valence-corrected chi connectivity index (χ2v) is 7.75. The molecule has 4 rings (SSSR count). The van der Waals surface area contributed by atoms with E-state index in [1.54, 1.807) is 11.3 Å². The molecule has 3 heterocycles. The zero-order valence-electron chi connectivity index (χ0n) is 14.3. The molecule has 0 fully saturated rings. The lowest BCUT2D eigenvalue weighted by Crippen LogP contribution is -2.27. The Labute approximate surface area is 168 Å². The van der Waals surface area contributed by atoms with Crippen LogP contribution < -0.4 is 5.32 Å². The Kier molecular flexibility index (Phi) is 5.26. The van der Waals surface area contributed by atoms with Gasteiger partial charge in [0.2, 0.25) is 5.91 Å². The molecule has 4 aromatic rings. The third kappa shape index (κ3) is 4.23. The van der Waals surface area contributed by atoms with Gasteiger partial charge in [0.1, 0.15) is 10.8 Å². The molecule has 6 nitrogen and oxygen atoms in total. The minimum atomic E-state index is -0.0464.